The summed E-state index contributed by atoms with van der Waals surface area (Å²) in [5.74, 6) is 2.01. The first-order valence-electron chi connectivity index (χ1n) is 3.22. The van der Waals surface area contributed by atoms with Gasteiger partial charge in [-0.05, 0) is 12.1 Å². The molecule has 51 valence electrons. The molecule has 0 aliphatic carbocycles. The van der Waals surface area contributed by atoms with Crippen LogP contribution in [0.3, 0.4) is 0 Å². The Labute approximate surface area is 64.0 Å². The van der Waals surface area contributed by atoms with Crippen molar-refractivity contribution in [1.82, 2.24) is 10.3 Å². The number of thioether (sulfide) groups is 1. The van der Waals surface area contributed by atoms with E-state index < -0.39 is 0 Å². The van der Waals surface area contributed by atoms with Crippen LogP contribution in [0.4, 0.5) is 5.82 Å². The topological polar surface area (TPSA) is 27.0 Å². The second-order valence-electron chi connectivity index (χ2n) is 2.06. The zero-order chi connectivity index (χ0) is 6.81. The molecule has 1 aliphatic rings. The van der Waals surface area contributed by atoms with Crippen LogP contribution in [0.2, 0.25) is 0 Å². The Bertz CT molecular complexity index is 212. The van der Waals surface area contributed by atoms with Gasteiger partial charge in [-0.3, -0.25) is 5.32 Å². The fraction of sp³-hybridized carbons (Fsp3) is 0.286. The first kappa shape index (κ1) is 6.04. The van der Waals surface area contributed by atoms with Crippen molar-refractivity contribution < 1.29 is 0 Å². The van der Waals surface area contributed by atoms with Crippen LogP contribution >= 0.6 is 11.8 Å². The highest BCUT2D eigenvalue weighted by atomic mass is 32.2. The Hall–Kier alpha value is -0.700. The van der Waals surface area contributed by atoms with Gasteiger partial charge in [-0.25, -0.2) is 4.98 Å². The minimum Gasteiger partial charge on any atom is -0.265 e. The van der Waals surface area contributed by atoms with E-state index in [9.17, 15) is 0 Å². The second-order valence-corrected chi connectivity index (χ2v) is 3.19. The van der Waals surface area contributed by atoms with E-state index in [2.05, 4.69) is 16.4 Å². The largest absolute Gasteiger partial charge is 0.265 e. The molecule has 1 aromatic heterocycles. The summed E-state index contributed by atoms with van der Waals surface area (Å²) in [7, 11) is 0. The van der Waals surface area contributed by atoms with Gasteiger partial charge in [0.25, 0.3) is 0 Å². The maximum atomic E-state index is 4.26. The highest BCUT2D eigenvalue weighted by Gasteiger charge is 2.08. The van der Waals surface area contributed by atoms with E-state index in [1.54, 1.807) is 6.20 Å². The number of pyridine rings is 1. The molecular weight excluding hydrogens is 144 g/mol. The number of hydrogen-bond acceptors (Lipinski definition) is 2. The molecule has 0 N–H and O–H groups in total. The predicted octanol–water partition coefficient (Wildman–Crippen LogP) is 1.42. The molecule has 0 bridgehead atoms. The van der Waals surface area contributed by atoms with Crippen LogP contribution in [-0.4, -0.2) is 17.3 Å². The molecular formula is C7H7N2S. The summed E-state index contributed by atoms with van der Waals surface area (Å²) < 4.78 is 0. The van der Waals surface area contributed by atoms with Crippen LogP contribution in [0.1, 0.15) is 0 Å². The van der Waals surface area contributed by atoms with Crippen LogP contribution in [0, 0.1) is 0 Å². The Balaban J connectivity index is 2.41. The summed E-state index contributed by atoms with van der Waals surface area (Å²) >= 11 is 1.83. The first-order chi connectivity index (χ1) is 4.97. The minimum absolute atomic E-state index is 0.911. The summed E-state index contributed by atoms with van der Waals surface area (Å²) in [6, 6.07) is 4.02. The van der Waals surface area contributed by atoms with Crippen LogP contribution in [0.25, 0.3) is 0 Å². The lowest BCUT2D eigenvalue weighted by atomic mass is 10.4. The summed E-state index contributed by atoms with van der Waals surface area (Å²) in [5, 5.41) is 4.26. The summed E-state index contributed by atoms with van der Waals surface area (Å²) in [4.78, 5) is 5.35. The molecule has 0 atom stereocenters. The first-order valence-corrected chi connectivity index (χ1v) is 4.21. The van der Waals surface area contributed by atoms with E-state index in [1.807, 2.05) is 17.8 Å². The molecule has 0 saturated heterocycles. The Morgan fingerprint density at radius 1 is 1.50 bits per heavy atom. The van der Waals surface area contributed by atoms with Crippen molar-refractivity contribution in [3.05, 3.63) is 18.3 Å². The van der Waals surface area contributed by atoms with Crippen molar-refractivity contribution >= 4 is 17.6 Å². The van der Waals surface area contributed by atoms with Gasteiger partial charge in [0.2, 0.25) is 0 Å². The summed E-state index contributed by atoms with van der Waals surface area (Å²) in [6.45, 7) is 0.911. The Morgan fingerprint density at radius 3 is 3.40 bits per heavy atom. The lowest BCUT2D eigenvalue weighted by Crippen LogP contribution is -2.09. The van der Waals surface area contributed by atoms with Crippen molar-refractivity contribution in [1.29, 1.82) is 0 Å². The second kappa shape index (κ2) is 2.50. The molecule has 1 aliphatic heterocycles. The molecule has 0 amide bonds. The molecule has 0 fully saturated rings. The lowest BCUT2D eigenvalue weighted by Gasteiger charge is -2.12. The van der Waals surface area contributed by atoms with Gasteiger partial charge in [-0.15, -0.1) is 11.8 Å². The third kappa shape index (κ3) is 0.968. The van der Waals surface area contributed by atoms with Crippen molar-refractivity contribution in [2.45, 2.75) is 4.90 Å². The highest BCUT2D eigenvalue weighted by molar-refractivity contribution is 7.99. The van der Waals surface area contributed by atoms with Crippen LogP contribution in [0.15, 0.2) is 23.2 Å². The molecule has 1 aromatic rings. The van der Waals surface area contributed by atoms with Gasteiger partial charge in [0.05, 0.1) is 11.4 Å². The van der Waals surface area contributed by atoms with E-state index in [0.717, 1.165) is 18.1 Å². The molecule has 2 nitrogen and oxygen atoms in total. The average molecular weight is 151 g/mol. The molecule has 0 spiro atoms. The van der Waals surface area contributed by atoms with Gasteiger partial charge in [0, 0.05) is 11.9 Å². The van der Waals surface area contributed by atoms with Gasteiger partial charge in [-0.2, -0.15) is 0 Å². The smallest absolute Gasteiger partial charge is 0.161 e. The van der Waals surface area contributed by atoms with Crippen LogP contribution in [-0.2, 0) is 0 Å². The molecule has 3 heteroatoms. The van der Waals surface area contributed by atoms with E-state index in [1.165, 1.54) is 4.90 Å². The quantitative estimate of drug-likeness (QED) is 0.560. The van der Waals surface area contributed by atoms with Crippen LogP contribution < -0.4 is 5.32 Å². The number of fused-ring (bicyclic) bond motifs is 1. The number of rotatable bonds is 0. The van der Waals surface area contributed by atoms with E-state index in [0.29, 0.717) is 0 Å². The SMILES string of the molecule is c1cnc2c(c1)SCC[N]2. The molecule has 0 unspecified atom stereocenters. The average Bonchev–Trinajstić information content (AvgIpc) is 2.05. The van der Waals surface area contributed by atoms with E-state index in [-0.39, 0.29) is 0 Å². The predicted molar refractivity (Wildman–Crippen MR) is 41.6 cm³/mol. The molecule has 10 heavy (non-hydrogen) atoms. The van der Waals surface area contributed by atoms with Gasteiger partial charge in [-0.1, -0.05) is 0 Å². The maximum Gasteiger partial charge on any atom is 0.161 e. The summed E-state index contributed by atoms with van der Waals surface area (Å²) in [5.41, 5.74) is 0. The molecule has 0 aromatic carbocycles. The van der Waals surface area contributed by atoms with Gasteiger partial charge in [0.15, 0.2) is 5.82 Å². The molecule has 2 rings (SSSR count). The summed E-state index contributed by atoms with van der Waals surface area (Å²) in [6.07, 6.45) is 1.79. The zero-order valence-corrected chi connectivity index (χ0v) is 6.27. The van der Waals surface area contributed by atoms with E-state index in [4.69, 9.17) is 0 Å². The van der Waals surface area contributed by atoms with Crippen molar-refractivity contribution in [3.8, 4) is 0 Å². The number of aromatic nitrogens is 1. The standard InChI is InChI=1S/C7H7N2S/c1-2-6-7(8-3-1)9-4-5-10-6/h1-3H,4-5H2. The van der Waals surface area contributed by atoms with Gasteiger partial charge < -0.3 is 0 Å². The molecule has 0 saturated carbocycles. The van der Waals surface area contributed by atoms with Crippen LogP contribution in [0.5, 0.6) is 0 Å². The van der Waals surface area contributed by atoms with Gasteiger partial charge >= 0.3 is 0 Å². The monoisotopic (exact) mass is 151 g/mol. The Kier molecular flexibility index (Phi) is 1.51. The normalized spacial score (nSPS) is 15.6. The van der Waals surface area contributed by atoms with Crippen molar-refractivity contribution in [2.24, 2.45) is 0 Å². The number of hydrogen-bond donors (Lipinski definition) is 0. The van der Waals surface area contributed by atoms with Crippen molar-refractivity contribution in [3.63, 3.8) is 0 Å². The van der Waals surface area contributed by atoms with Gasteiger partial charge in [0.1, 0.15) is 0 Å². The highest BCUT2D eigenvalue weighted by Crippen LogP contribution is 2.27. The third-order valence-corrected chi connectivity index (χ3v) is 2.38. The lowest BCUT2D eigenvalue weighted by molar-refractivity contribution is 0.853. The molecule has 1 radical (unpaired) electrons. The molecule has 2 heterocycles. The fourth-order valence-electron chi connectivity index (χ4n) is 0.921. The van der Waals surface area contributed by atoms with Crippen molar-refractivity contribution in [2.75, 3.05) is 12.3 Å². The third-order valence-electron chi connectivity index (χ3n) is 1.36. The fourth-order valence-corrected chi connectivity index (χ4v) is 1.74. The van der Waals surface area contributed by atoms with E-state index >= 15 is 0 Å². The number of nitrogens with zero attached hydrogens (tertiary/aromatic N) is 2. The minimum atomic E-state index is 0.911. The zero-order valence-electron chi connectivity index (χ0n) is 5.45. The maximum absolute atomic E-state index is 4.26. The Morgan fingerprint density at radius 2 is 2.50 bits per heavy atom.